The first kappa shape index (κ1) is 20.4. The van der Waals surface area contributed by atoms with Gasteiger partial charge in [0.05, 0.1) is 5.56 Å². The molecule has 0 bridgehead atoms. The zero-order valence-corrected chi connectivity index (χ0v) is 17.2. The van der Waals surface area contributed by atoms with Crippen molar-refractivity contribution in [3.05, 3.63) is 75.7 Å². The molecule has 154 valence electrons. The average Bonchev–Trinajstić information content (AvgIpc) is 3.25. The molecule has 0 aliphatic carbocycles. The molecule has 2 amide bonds. The van der Waals surface area contributed by atoms with Gasteiger partial charge in [0.25, 0.3) is 11.8 Å². The number of amides is 2. The largest absolute Gasteiger partial charge is 0.355 e. The second-order valence-corrected chi connectivity index (χ2v) is 7.67. The highest BCUT2D eigenvalue weighted by Crippen LogP contribution is 2.24. The Bertz CT molecular complexity index is 1110. The van der Waals surface area contributed by atoms with Gasteiger partial charge in [-0.1, -0.05) is 40.5 Å². The van der Waals surface area contributed by atoms with Crippen molar-refractivity contribution >= 4 is 35.0 Å². The third-order valence-corrected chi connectivity index (χ3v) is 5.32. The van der Waals surface area contributed by atoms with E-state index >= 15 is 0 Å². The molecule has 9 heteroatoms. The molecule has 0 unspecified atom stereocenters. The number of benzene rings is 2. The van der Waals surface area contributed by atoms with Gasteiger partial charge in [0.1, 0.15) is 5.82 Å². The highest BCUT2D eigenvalue weighted by Gasteiger charge is 2.28. The highest BCUT2D eigenvalue weighted by atomic mass is 35.5. The van der Waals surface area contributed by atoms with E-state index in [0.717, 1.165) is 6.07 Å². The van der Waals surface area contributed by atoms with Crippen LogP contribution in [0.4, 0.5) is 4.39 Å². The molecule has 1 fully saturated rings. The Balaban J connectivity index is 1.41. The molecule has 0 atom stereocenters. The van der Waals surface area contributed by atoms with Crippen molar-refractivity contribution in [3.8, 4) is 11.3 Å². The van der Waals surface area contributed by atoms with Crippen molar-refractivity contribution in [1.82, 2.24) is 15.0 Å². The van der Waals surface area contributed by atoms with Crippen LogP contribution in [0.2, 0.25) is 10.0 Å². The van der Waals surface area contributed by atoms with Crippen molar-refractivity contribution in [2.45, 2.75) is 0 Å². The fourth-order valence-corrected chi connectivity index (χ4v) is 3.62. The number of nitrogens with zero attached hydrogens (tertiary/aromatic N) is 3. The number of hydrogen-bond acceptors (Lipinski definition) is 4. The van der Waals surface area contributed by atoms with Gasteiger partial charge in [-0.2, -0.15) is 0 Å². The van der Waals surface area contributed by atoms with Crippen LogP contribution in [0.15, 0.2) is 53.1 Å². The first-order chi connectivity index (χ1) is 14.4. The minimum atomic E-state index is -0.626. The first-order valence-electron chi connectivity index (χ1n) is 9.18. The molecule has 2 aromatic carbocycles. The van der Waals surface area contributed by atoms with E-state index in [0.29, 0.717) is 29.4 Å². The fourth-order valence-electron chi connectivity index (χ4n) is 3.26. The SMILES string of the molecule is O=C(c1cc(-c2cccc(Cl)c2)on1)N1CCN(C(=O)c2cc(Cl)ccc2F)CC1. The zero-order chi connectivity index (χ0) is 21.3. The molecule has 0 saturated carbocycles. The van der Waals surface area contributed by atoms with Crippen LogP contribution in [0, 0.1) is 5.82 Å². The van der Waals surface area contributed by atoms with E-state index in [9.17, 15) is 14.0 Å². The number of piperazine rings is 1. The lowest BCUT2D eigenvalue weighted by molar-refractivity contribution is 0.0527. The van der Waals surface area contributed by atoms with E-state index in [1.165, 1.54) is 17.0 Å². The van der Waals surface area contributed by atoms with E-state index < -0.39 is 11.7 Å². The van der Waals surface area contributed by atoms with Crippen molar-refractivity contribution < 1.29 is 18.5 Å². The summed E-state index contributed by atoms with van der Waals surface area (Å²) in [4.78, 5) is 28.4. The second-order valence-electron chi connectivity index (χ2n) is 6.80. The van der Waals surface area contributed by atoms with Gasteiger partial charge in [0.15, 0.2) is 11.5 Å². The molecule has 1 saturated heterocycles. The number of aromatic nitrogens is 1. The van der Waals surface area contributed by atoms with E-state index in [2.05, 4.69) is 5.16 Å². The molecule has 1 aliphatic heterocycles. The lowest BCUT2D eigenvalue weighted by atomic mass is 10.1. The highest BCUT2D eigenvalue weighted by molar-refractivity contribution is 6.31. The van der Waals surface area contributed by atoms with Gasteiger partial charge < -0.3 is 14.3 Å². The molecule has 3 aromatic rings. The Morgan fingerprint density at radius 3 is 2.27 bits per heavy atom. The van der Waals surface area contributed by atoms with Crippen LogP contribution < -0.4 is 0 Å². The molecular weight excluding hydrogens is 432 g/mol. The lowest BCUT2D eigenvalue weighted by Crippen LogP contribution is -2.50. The number of hydrogen-bond donors (Lipinski definition) is 0. The summed E-state index contributed by atoms with van der Waals surface area (Å²) >= 11 is 11.9. The lowest BCUT2D eigenvalue weighted by Gasteiger charge is -2.34. The molecule has 1 aliphatic rings. The maximum atomic E-state index is 14.0. The van der Waals surface area contributed by atoms with E-state index in [1.54, 1.807) is 35.2 Å². The van der Waals surface area contributed by atoms with Gasteiger partial charge in [0, 0.05) is 47.9 Å². The monoisotopic (exact) mass is 447 g/mol. The molecule has 1 aromatic heterocycles. The predicted octanol–water partition coefficient (Wildman–Crippen LogP) is 4.39. The number of rotatable bonds is 3. The van der Waals surface area contributed by atoms with E-state index in [4.69, 9.17) is 27.7 Å². The van der Waals surface area contributed by atoms with E-state index in [1.807, 2.05) is 0 Å². The molecule has 0 radical (unpaired) electrons. The molecular formula is C21H16Cl2FN3O3. The maximum Gasteiger partial charge on any atom is 0.276 e. The van der Waals surface area contributed by atoms with Crippen LogP contribution >= 0.6 is 23.2 Å². The predicted molar refractivity (Wildman–Crippen MR) is 110 cm³/mol. The van der Waals surface area contributed by atoms with Crippen LogP contribution in [0.1, 0.15) is 20.8 Å². The Morgan fingerprint density at radius 2 is 1.57 bits per heavy atom. The van der Waals surface area contributed by atoms with E-state index in [-0.39, 0.29) is 35.3 Å². The van der Waals surface area contributed by atoms with Crippen molar-refractivity contribution in [2.75, 3.05) is 26.2 Å². The summed E-state index contributed by atoms with van der Waals surface area (Å²) in [5, 5.41) is 4.70. The smallest absolute Gasteiger partial charge is 0.276 e. The van der Waals surface area contributed by atoms with Gasteiger partial charge in [-0.3, -0.25) is 9.59 Å². The van der Waals surface area contributed by atoms with Gasteiger partial charge in [-0.15, -0.1) is 0 Å². The number of halogens is 3. The van der Waals surface area contributed by atoms with Gasteiger partial charge in [-0.05, 0) is 30.3 Å². The van der Waals surface area contributed by atoms with Gasteiger partial charge in [-0.25, -0.2) is 4.39 Å². The third kappa shape index (κ3) is 4.17. The summed E-state index contributed by atoms with van der Waals surface area (Å²) in [5.41, 5.74) is 0.809. The second kappa shape index (κ2) is 8.45. The van der Waals surface area contributed by atoms with Crippen LogP contribution in [0.25, 0.3) is 11.3 Å². The Hall–Kier alpha value is -2.90. The van der Waals surface area contributed by atoms with Gasteiger partial charge >= 0.3 is 0 Å². The summed E-state index contributed by atoms with van der Waals surface area (Å²) in [6.45, 7) is 1.14. The Kier molecular flexibility index (Phi) is 5.74. The zero-order valence-electron chi connectivity index (χ0n) is 15.6. The summed E-state index contributed by atoms with van der Waals surface area (Å²) in [6.07, 6.45) is 0. The van der Waals surface area contributed by atoms with Crippen LogP contribution in [-0.2, 0) is 0 Å². The maximum absolute atomic E-state index is 14.0. The van der Waals surface area contributed by atoms with Crippen molar-refractivity contribution in [3.63, 3.8) is 0 Å². The summed E-state index contributed by atoms with van der Waals surface area (Å²) < 4.78 is 19.3. The minimum absolute atomic E-state index is 0.0788. The van der Waals surface area contributed by atoms with Crippen LogP contribution in [-0.4, -0.2) is 52.9 Å². The Labute approximate surface area is 181 Å². The fraction of sp³-hybridized carbons (Fsp3) is 0.190. The molecule has 6 nitrogen and oxygen atoms in total. The molecule has 2 heterocycles. The number of carbonyl (C=O) groups is 2. The van der Waals surface area contributed by atoms with Crippen molar-refractivity contribution in [2.24, 2.45) is 0 Å². The minimum Gasteiger partial charge on any atom is -0.355 e. The van der Waals surface area contributed by atoms with Crippen molar-refractivity contribution in [1.29, 1.82) is 0 Å². The summed E-state index contributed by atoms with van der Waals surface area (Å²) in [7, 11) is 0. The molecule has 30 heavy (non-hydrogen) atoms. The van der Waals surface area contributed by atoms with Crippen LogP contribution in [0.5, 0.6) is 0 Å². The first-order valence-corrected chi connectivity index (χ1v) is 9.94. The van der Waals surface area contributed by atoms with Crippen LogP contribution in [0.3, 0.4) is 0 Å². The summed E-state index contributed by atoms with van der Waals surface area (Å²) in [5.74, 6) is -0.940. The topological polar surface area (TPSA) is 66.7 Å². The normalized spacial score (nSPS) is 14.1. The summed E-state index contributed by atoms with van der Waals surface area (Å²) in [6, 6.07) is 12.5. The van der Waals surface area contributed by atoms with Gasteiger partial charge in [0.2, 0.25) is 0 Å². The molecule has 0 spiro atoms. The average molecular weight is 448 g/mol. The molecule has 4 rings (SSSR count). The third-order valence-electron chi connectivity index (χ3n) is 4.85. The molecule has 0 N–H and O–H groups in total. The quantitative estimate of drug-likeness (QED) is 0.597. The Morgan fingerprint density at radius 1 is 0.900 bits per heavy atom. The standard InChI is InChI=1S/C21H16Cl2FN3O3/c22-14-3-1-2-13(10-14)19-12-18(25-30-19)21(29)27-8-6-26(7-9-27)20(28)16-11-15(23)4-5-17(16)24/h1-5,10-12H,6-9H2. The number of carbonyl (C=O) groups excluding carboxylic acids is 2.